The number of ether oxygens (including phenoxy) is 1. The summed E-state index contributed by atoms with van der Waals surface area (Å²) in [6, 6.07) is 7.70. The van der Waals surface area contributed by atoms with E-state index in [1.165, 1.54) is 0 Å². The van der Waals surface area contributed by atoms with Crippen molar-refractivity contribution in [3.8, 4) is 5.75 Å². The summed E-state index contributed by atoms with van der Waals surface area (Å²) in [5, 5.41) is 2.84. The number of nitrogens with two attached hydrogens (primary N) is 1. The van der Waals surface area contributed by atoms with Gasteiger partial charge in [-0.05, 0) is 48.3 Å². The molecule has 4 nitrogen and oxygen atoms in total. The normalized spacial score (nSPS) is 13.7. The first-order valence-electron chi connectivity index (χ1n) is 6.42. The van der Waals surface area contributed by atoms with Crippen LogP contribution in [0.2, 0.25) is 0 Å². The van der Waals surface area contributed by atoms with E-state index in [-0.39, 0.29) is 18.1 Å². The molecule has 1 aromatic carbocycles. The van der Waals surface area contributed by atoms with E-state index >= 15 is 0 Å². The van der Waals surface area contributed by atoms with Gasteiger partial charge in [0, 0.05) is 12.5 Å². The first-order chi connectivity index (χ1) is 8.99. The zero-order chi connectivity index (χ0) is 14.3. The summed E-state index contributed by atoms with van der Waals surface area (Å²) in [7, 11) is 0. The fourth-order valence-electron chi connectivity index (χ4n) is 1.50. The Morgan fingerprint density at radius 3 is 2.74 bits per heavy atom. The Morgan fingerprint density at radius 2 is 2.11 bits per heavy atom. The first kappa shape index (κ1) is 16.0. The lowest BCUT2D eigenvalue weighted by molar-refractivity contribution is -0.121. The van der Waals surface area contributed by atoms with Crippen molar-refractivity contribution in [3.63, 3.8) is 0 Å². The van der Waals surface area contributed by atoms with Gasteiger partial charge in [0.15, 0.2) is 0 Å². The summed E-state index contributed by atoms with van der Waals surface area (Å²) < 4.78 is 6.64. The molecule has 0 saturated carbocycles. The average Bonchev–Trinajstić information content (AvgIpc) is 2.36. The molecule has 106 valence electrons. The predicted octanol–water partition coefficient (Wildman–Crippen LogP) is 2.46. The quantitative estimate of drug-likeness (QED) is 0.808. The smallest absolute Gasteiger partial charge is 0.220 e. The lowest BCUT2D eigenvalue weighted by Crippen LogP contribution is -2.34. The van der Waals surface area contributed by atoms with Crippen molar-refractivity contribution >= 4 is 21.8 Å². The average molecular weight is 329 g/mol. The van der Waals surface area contributed by atoms with Crippen LogP contribution in [0.4, 0.5) is 0 Å². The van der Waals surface area contributed by atoms with Crippen molar-refractivity contribution in [2.75, 3.05) is 6.54 Å². The molecule has 0 heterocycles. The van der Waals surface area contributed by atoms with Crippen LogP contribution in [0.3, 0.4) is 0 Å². The van der Waals surface area contributed by atoms with Crippen molar-refractivity contribution in [1.82, 2.24) is 5.32 Å². The third kappa shape index (κ3) is 6.59. The van der Waals surface area contributed by atoms with E-state index in [9.17, 15) is 4.79 Å². The van der Waals surface area contributed by atoms with Crippen molar-refractivity contribution in [2.45, 2.75) is 38.8 Å². The minimum atomic E-state index is -0.0852. The van der Waals surface area contributed by atoms with Crippen molar-refractivity contribution in [3.05, 3.63) is 28.7 Å². The molecule has 1 amide bonds. The highest BCUT2D eigenvalue weighted by Crippen LogP contribution is 2.24. The fourth-order valence-corrected chi connectivity index (χ4v) is 1.88. The van der Waals surface area contributed by atoms with Crippen LogP contribution in [0.15, 0.2) is 28.7 Å². The monoisotopic (exact) mass is 328 g/mol. The van der Waals surface area contributed by atoms with Gasteiger partial charge in [-0.25, -0.2) is 0 Å². The molecule has 0 aliphatic carbocycles. The number of halogens is 1. The molecule has 0 saturated heterocycles. The molecular weight excluding hydrogens is 308 g/mol. The zero-order valence-electron chi connectivity index (χ0n) is 11.4. The largest absolute Gasteiger partial charge is 0.488 e. The number of carbonyl (C=O) groups excluding carboxylic acids is 1. The van der Waals surface area contributed by atoms with E-state index in [1.54, 1.807) is 0 Å². The molecule has 0 aliphatic heterocycles. The van der Waals surface area contributed by atoms with E-state index in [2.05, 4.69) is 21.2 Å². The molecule has 1 aromatic rings. The summed E-state index contributed by atoms with van der Waals surface area (Å²) >= 11 is 3.42. The zero-order valence-corrected chi connectivity index (χ0v) is 12.9. The highest BCUT2D eigenvalue weighted by atomic mass is 79.9. The molecule has 0 aliphatic rings. The van der Waals surface area contributed by atoms with Gasteiger partial charge < -0.3 is 15.8 Å². The molecule has 0 spiro atoms. The van der Waals surface area contributed by atoms with Crippen LogP contribution in [0, 0.1) is 0 Å². The van der Waals surface area contributed by atoms with E-state index in [4.69, 9.17) is 10.5 Å². The van der Waals surface area contributed by atoms with Crippen molar-refractivity contribution < 1.29 is 9.53 Å². The van der Waals surface area contributed by atoms with Gasteiger partial charge in [0.25, 0.3) is 0 Å². The standard InChI is InChI=1S/C14H21BrN2O2/c1-10(16)7-8-14(18)17-9-11(2)19-13-6-4-3-5-12(13)15/h3-6,10-11H,7-9,16H2,1-2H3,(H,17,18). The van der Waals surface area contributed by atoms with Gasteiger partial charge in [-0.2, -0.15) is 0 Å². The summed E-state index contributed by atoms with van der Waals surface area (Å²) in [6.45, 7) is 4.30. The number of hydrogen-bond acceptors (Lipinski definition) is 3. The van der Waals surface area contributed by atoms with Crippen LogP contribution in [0.25, 0.3) is 0 Å². The number of para-hydroxylation sites is 1. The van der Waals surface area contributed by atoms with Crippen LogP contribution < -0.4 is 15.8 Å². The van der Waals surface area contributed by atoms with Crippen LogP contribution in [0.1, 0.15) is 26.7 Å². The summed E-state index contributed by atoms with van der Waals surface area (Å²) in [5.74, 6) is 0.791. The maximum absolute atomic E-state index is 11.5. The number of benzene rings is 1. The second-order valence-corrected chi connectivity index (χ2v) is 5.53. The van der Waals surface area contributed by atoms with Gasteiger partial charge in [-0.1, -0.05) is 12.1 Å². The highest BCUT2D eigenvalue weighted by Gasteiger charge is 2.09. The molecule has 0 aromatic heterocycles. The van der Waals surface area contributed by atoms with E-state index in [0.29, 0.717) is 19.4 Å². The predicted molar refractivity (Wildman–Crippen MR) is 80.1 cm³/mol. The van der Waals surface area contributed by atoms with Crippen LogP contribution in [-0.4, -0.2) is 24.6 Å². The lowest BCUT2D eigenvalue weighted by Gasteiger charge is -2.16. The van der Waals surface area contributed by atoms with Gasteiger partial charge in [0.1, 0.15) is 11.9 Å². The Hall–Kier alpha value is -1.07. The van der Waals surface area contributed by atoms with Crippen LogP contribution in [0.5, 0.6) is 5.75 Å². The molecule has 5 heteroatoms. The minimum absolute atomic E-state index is 0.0138. The molecule has 0 bridgehead atoms. The topological polar surface area (TPSA) is 64.4 Å². The van der Waals surface area contributed by atoms with E-state index in [1.807, 2.05) is 38.1 Å². The number of carbonyl (C=O) groups is 1. The maximum Gasteiger partial charge on any atom is 0.220 e. The van der Waals surface area contributed by atoms with Gasteiger partial charge in [0.05, 0.1) is 11.0 Å². The second kappa shape index (κ2) is 8.17. The summed E-state index contributed by atoms with van der Waals surface area (Å²) in [5.41, 5.74) is 5.61. The van der Waals surface area contributed by atoms with Crippen LogP contribution in [-0.2, 0) is 4.79 Å². The Morgan fingerprint density at radius 1 is 1.42 bits per heavy atom. The fraction of sp³-hybridized carbons (Fsp3) is 0.500. The lowest BCUT2D eigenvalue weighted by atomic mass is 10.2. The number of rotatable bonds is 7. The number of nitrogens with one attached hydrogen (secondary N) is 1. The van der Waals surface area contributed by atoms with Crippen LogP contribution >= 0.6 is 15.9 Å². The Balaban J connectivity index is 2.30. The molecule has 19 heavy (non-hydrogen) atoms. The number of amides is 1. The summed E-state index contributed by atoms with van der Waals surface area (Å²) in [6.07, 6.45) is 1.07. The highest BCUT2D eigenvalue weighted by molar-refractivity contribution is 9.10. The first-order valence-corrected chi connectivity index (χ1v) is 7.21. The molecule has 0 radical (unpaired) electrons. The SMILES string of the molecule is CC(N)CCC(=O)NCC(C)Oc1ccccc1Br. The van der Waals surface area contributed by atoms with Crippen molar-refractivity contribution in [1.29, 1.82) is 0 Å². The minimum Gasteiger partial charge on any atom is -0.488 e. The van der Waals surface area contributed by atoms with E-state index in [0.717, 1.165) is 10.2 Å². The molecule has 2 atom stereocenters. The molecule has 1 rings (SSSR count). The number of hydrogen-bond donors (Lipinski definition) is 2. The molecule has 3 N–H and O–H groups in total. The molecule has 0 fully saturated rings. The van der Waals surface area contributed by atoms with Gasteiger partial charge in [-0.3, -0.25) is 4.79 Å². The third-order valence-electron chi connectivity index (χ3n) is 2.58. The second-order valence-electron chi connectivity index (χ2n) is 4.68. The third-order valence-corrected chi connectivity index (χ3v) is 3.23. The van der Waals surface area contributed by atoms with Gasteiger partial charge in [0.2, 0.25) is 5.91 Å². The van der Waals surface area contributed by atoms with Crippen molar-refractivity contribution in [2.24, 2.45) is 5.73 Å². The molecule has 2 unspecified atom stereocenters. The molecular formula is C14H21BrN2O2. The van der Waals surface area contributed by atoms with E-state index < -0.39 is 0 Å². The Kier molecular flexibility index (Phi) is 6.87. The maximum atomic E-state index is 11.5. The Labute approximate surface area is 122 Å². The van der Waals surface area contributed by atoms with Gasteiger partial charge >= 0.3 is 0 Å². The van der Waals surface area contributed by atoms with Gasteiger partial charge in [-0.15, -0.1) is 0 Å². The summed E-state index contributed by atoms with van der Waals surface area (Å²) in [4.78, 5) is 11.5. The Bertz CT molecular complexity index is 410.